The first-order valence-electron chi connectivity index (χ1n) is 5.26. The highest BCUT2D eigenvalue weighted by molar-refractivity contribution is 5.31. The Morgan fingerprint density at radius 2 is 1.59 bits per heavy atom. The van der Waals surface area contributed by atoms with Gasteiger partial charge in [-0.2, -0.15) is 5.26 Å². The van der Waals surface area contributed by atoms with Gasteiger partial charge in [-0.15, -0.1) is 0 Å². The summed E-state index contributed by atoms with van der Waals surface area (Å²) in [5.74, 6) is 0. The van der Waals surface area contributed by atoms with E-state index in [1.165, 1.54) is 0 Å². The van der Waals surface area contributed by atoms with Crippen molar-refractivity contribution in [1.82, 2.24) is 5.32 Å². The van der Waals surface area contributed by atoms with Crippen molar-refractivity contribution in [3.63, 3.8) is 0 Å². The highest BCUT2D eigenvalue weighted by atomic mass is 16.3. The predicted octanol–water partition coefficient (Wildman–Crippen LogP) is -0.636. The number of nitriles is 1. The summed E-state index contributed by atoms with van der Waals surface area (Å²) < 4.78 is 0. The van der Waals surface area contributed by atoms with Crippen LogP contribution in [0, 0.1) is 11.3 Å². The molecule has 0 aliphatic carbocycles. The highest BCUT2D eigenvalue weighted by Gasteiger charge is 2.26. The fourth-order valence-electron chi connectivity index (χ4n) is 1.30. The standard InChI is InChI=1S/C12H16N2O3/c13-5-10-1-3-11(4-2-10)6-14-12(7-15,8-16)9-17/h1-4,14-17H,6-9H2. The zero-order valence-corrected chi connectivity index (χ0v) is 9.43. The van der Waals surface area contributed by atoms with Gasteiger partial charge in [0, 0.05) is 6.54 Å². The zero-order valence-electron chi connectivity index (χ0n) is 9.43. The third-order valence-corrected chi connectivity index (χ3v) is 2.66. The lowest BCUT2D eigenvalue weighted by Crippen LogP contribution is -2.54. The Hall–Kier alpha value is -1.45. The molecule has 0 saturated carbocycles. The molecule has 0 heterocycles. The fraction of sp³-hybridized carbons (Fsp3) is 0.417. The number of hydrogen-bond donors (Lipinski definition) is 4. The maximum atomic E-state index is 9.11. The van der Waals surface area contributed by atoms with Gasteiger partial charge < -0.3 is 20.6 Å². The molecule has 0 radical (unpaired) electrons. The second kappa shape index (κ2) is 6.33. The quantitative estimate of drug-likeness (QED) is 0.527. The van der Waals surface area contributed by atoms with Crippen molar-refractivity contribution in [2.75, 3.05) is 19.8 Å². The number of rotatable bonds is 6. The van der Waals surface area contributed by atoms with Crippen molar-refractivity contribution in [3.8, 4) is 6.07 Å². The van der Waals surface area contributed by atoms with Gasteiger partial charge in [0.2, 0.25) is 0 Å². The zero-order chi connectivity index (χ0) is 12.7. The minimum absolute atomic E-state index is 0.351. The smallest absolute Gasteiger partial charge is 0.0991 e. The molecule has 0 saturated heterocycles. The molecule has 0 unspecified atom stereocenters. The van der Waals surface area contributed by atoms with Gasteiger partial charge in [-0.05, 0) is 17.7 Å². The van der Waals surface area contributed by atoms with Crippen molar-refractivity contribution in [2.45, 2.75) is 12.1 Å². The first kappa shape index (κ1) is 13.6. The molecule has 0 fully saturated rings. The van der Waals surface area contributed by atoms with E-state index in [1.807, 2.05) is 6.07 Å². The lowest BCUT2D eigenvalue weighted by molar-refractivity contribution is 0.0414. The van der Waals surface area contributed by atoms with Crippen LogP contribution in [0.1, 0.15) is 11.1 Å². The molecule has 0 atom stereocenters. The Balaban J connectivity index is 2.63. The molecule has 5 heteroatoms. The summed E-state index contributed by atoms with van der Waals surface area (Å²) in [6.07, 6.45) is 0. The summed E-state index contributed by atoms with van der Waals surface area (Å²) in [5, 5.41) is 38.9. The molecule has 0 aliphatic rings. The minimum Gasteiger partial charge on any atom is -0.394 e. The molecule has 1 aromatic carbocycles. The van der Waals surface area contributed by atoms with Crippen LogP contribution in [0.4, 0.5) is 0 Å². The van der Waals surface area contributed by atoms with Gasteiger partial charge in [-0.3, -0.25) is 0 Å². The van der Waals surface area contributed by atoms with Gasteiger partial charge >= 0.3 is 0 Å². The van der Waals surface area contributed by atoms with E-state index >= 15 is 0 Å². The van der Waals surface area contributed by atoms with Crippen LogP contribution < -0.4 is 5.32 Å². The number of hydrogen-bond acceptors (Lipinski definition) is 5. The van der Waals surface area contributed by atoms with Crippen molar-refractivity contribution in [2.24, 2.45) is 0 Å². The van der Waals surface area contributed by atoms with E-state index < -0.39 is 5.54 Å². The van der Waals surface area contributed by atoms with E-state index in [9.17, 15) is 0 Å². The Kier molecular flexibility index (Phi) is 5.07. The molecule has 4 N–H and O–H groups in total. The molecule has 5 nitrogen and oxygen atoms in total. The largest absolute Gasteiger partial charge is 0.394 e. The van der Waals surface area contributed by atoms with E-state index in [0.717, 1.165) is 5.56 Å². The van der Waals surface area contributed by atoms with Crippen LogP contribution >= 0.6 is 0 Å². The van der Waals surface area contributed by atoms with Gasteiger partial charge in [0.25, 0.3) is 0 Å². The minimum atomic E-state index is -1.08. The van der Waals surface area contributed by atoms with Gasteiger partial charge in [-0.1, -0.05) is 12.1 Å². The molecule has 0 aromatic heterocycles. The van der Waals surface area contributed by atoms with Crippen molar-refractivity contribution >= 4 is 0 Å². The Morgan fingerprint density at radius 3 is 2.00 bits per heavy atom. The Labute approximate surface area is 99.9 Å². The topological polar surface area (TPSA) is 96.5 Å². The van der Waals surface area contributed by atoms with Gasteiger partial charge in [0.1, 0.15) is 0 Å². The van der Waals surface area contributed by atoms with Gasteiger partial charge in [0.15, 0.2) is 0 Å². The number of benzene rings is 1. The normalized spacial score (nSPS) is 11.2. The van der Waals surface area contributed by atoms with Crippen LogP contribution in [-0.4, -0.2) is 40.7 Å². The number of aliphatic hydroxyl groups is 3. The average Bonchev–Trinajstić information content (AvgIpc) is 2.41. The summed E-state index contributed by atoms with van der Waals surface area (Å²) in [4.78, 5) is 0. The Bertz CT molecular complexity index is 371. The van der Waals surface area contributed by atoms with Gasteiger partial charge in [-0.25, -0.2) is 0 Å². The SMILES string of the molecule is N#Cc1ccc(CNC(CO)(CO)CO)cc1. The van der Waals surface area contributed by atoms with Crippen molar-refractivity contribution in [3.05, 3.63) is 35.4 Å². The first-order valence-corrected chi connectivity index (χ1v) is 5.26. The third kappa shape index (κ3) is 3.51. The molecule has 0 aliphatic heterocycles. The third-order valence-electron chi connectivity index (χ3n) is 2.66. The van der Waals surface area contributed by atoms with Crippen LogP contribution in [-0.2, 0) is 6.54 Å². The van der Waals surface area contributed by atoms with E-state index in [0.29, 0.717) is 12.1 Å². The molecule has 1 rings (SSSR count). The lowest BCUT2D eigenvalue weighted by Gasteiger charge is -2.28. The van der Waals surface area contributed by atoms with Crippen LogP contribution in [0.15, 0.2) is 24.3 Å². The van der Waals surface area contributed by atoms with Crippen LogP contribution in [0.2, 0.25) is 0 Å². The molecule has 0 spiro atoms. The Morgan fingerprint density at radius 1 is 1.06 bits per heavy atom. The summed E-state index contributed by atoms with van der Waals surface area (Å²) in [6, 6.07) is 8.96. The highest BCUT2D eigenvalue weighted by Crippen LogP contribution is 2.07. The molecular formula is C12H16N2O3. The van der Waals surface area contributed by atoms with Gasteiger partial charge in [0.05, 0.1) is 37.0 Å². The number of nitrogens with one attached hydrogen (secondary N) is 1. The lowest BCUT2D eigenvalue weighted by atomic mass is 10.0. The summed E-state index contributed by atoms with van der Waals surface area (Å²) in [5.41, 5.74) is 0.406. The summed E-state index contributed by atoms with van der Waals surface area (Å²) in [7, 11) is 0. The van der Waals surface area contributed by atoms with Crippen LogP contribution in [0.3, 0.4) is 0 Å². The van der Waals surface area contributed by atoms with Crippen LogP contribution in [0.25, 0.3) is 0 Å². The van der Waals surface area contributed by atoms with Crippen LogP contribution in [0.5, 0.6) is 0 Å². The maximum absolute atomic E-state index is 9.11. The molecule has 0 bridgehead atoms. The monoisotopic (exact) mass is 236 g/mol. The molecule has 1 aromatic rings. The van der Waals surface area contributed by atoms with E-state index in [-0.39, 0.29) is 19.8 Å². The van der Waals surface area contributed by atoms with E-state index in [1.54, 1.807) is 24.3 Å². The summed E-state index contributed by atoms with van der Waals surface area (Å²) >= 11 is 0. The van der Waals surface area contributed by atoms with Crippen molar-refractivity contribution in [1.29, 1.82) is 5.26 Å². The van der Waals surface area contributed by atoms with E-state index in [4.69, 9.17) is 20.6 Å². The fourth-order valence-corrected chi connectivity index (χ4v) is 1.30. The average molecular weight is 236 g/mol. The summed E-state index contributed by atoms with van der Waals surface area (Å²) in [6.45, 7) is -0.657. The molecule has 92 valence electrons. The molecule has 17 heavy (non-hydrogen) atoms. The van der Waals surface area contributed by atoms with E-state index in [2.05, 4.69) is 5.32 Å². The second-order valence-corrected chi connectivity index (χ2v) is 3.92. The second-order valence-electron chi connectivity index (χ2n) is 3.92. The molecule has 0 amide bonds. The number of aliphatic hydroxyl groups excluding tert-OH is 3. The van der Waals surface area contributed by atoms with Crippen molar-refractivity contribution < 1.29 is 15.3 Å². The predicted molar refractivity (Wildman–Crippen MR) is 62.0 cm³/mol. The number of nitrogens with zero attached hydrogens (tertiary/aromatic N) is 1. The maximum Gasteiger partial charge on any atom is 0.0991 e. The first-order chi connectivity index (χ1) is 8.19. The molecular weight excluding hydrogens is 220 g/mol.